The largest absolute Gasteiger partial charge is 0.419 e. The fourth-order valence-electron chi connectivity index (χ4n) is 3.62. The van der Waals surface area contributed by atoms with Gasteiger partial charge in [0.2, 0.25) is 5.88 Å². The van der Waals surface area contributed by atoms with E-state index in [0.29, 0.717) is 28.6 Å². The molecule has 2 aromatic heterocycles. The van der Waals surface area contributed by atoms with E-state index in [1.54, 1.807) is 28.6 Å². The summed E-state index contributed by atoms with van der Waals surface area (Å²) >= 11 is 0. The Balaban J connectivity index is 1.28. The van der Waals surface area contributed by atoms with Crippen molar-refractivity contribution in [1.29, 1.82) is 0 Å². The zero-order valence-corrected chi connectivity index (χ0v) is 19.7. The average molecular weight is 479 g/mol. The molecule has 5 aromatic rings. The van der Waals surface area contributed by atoms with Crippen LogP contribution in [0.3, 0.4) is 0 Å². The number of nitrogens with zero attached hydrogens (tertiary/aromatic N) is 4. The molecular formula is C28H22N4O4. The molecule has 0 spiro atoms. The summed E-state index contributed by atoms with van der Waals surface area (Å²) in [4.78, 5) is 25.5. The second kappa shape index (κ2) is 9.71. The summed E-state index contributed by atoms with van der Waals surface area (Å²) in [5.74, 6) is -0.453. The van der Waals surface area contributed by atoms with Crippen molar-refractivity contribution in [3.05, 3.63) is 120 Å². The highest BCUT2D eigenvalue weighted by molar-refractivity contribution is 5.94. The van der Waals surface area contributed by atoms with Crippen LogP contribution in [0.15, 0.2) is 97.2 Å². The van der Waals surface area contributed by atoms with E-state index in [2.05, 4.69) is 10.2 Å². The number of esters is 2. The van der Waals surface area contributed by atoms with Crippen molar-refractivity contribution in [2.75, 3.05) is 0 Å². The molecule has 2 heterocycles. The van der Waals surface area contributed by atoms with Gasteiger partial charge in [-0.3, -0.25) is 0 Å². The first-order chi connectivity index (χ1) is 17.5. The standard InChI is InChI=1S/C28H22N4O4/c1-19-17-26(32(29-19)24-11-7-4-8-12-24)36-28(34)22-15-13-21(14-16-22)27(33)35-25-18-31(30-20(25)2)23-9-5-3-6-10-23/h3-18H,1-2H3. The van der Waals surface area contributed by atoms with Crippen molar-refractivity contribution in [2.45, 2.75) is 13.8 Å². The van der Waals surface area contributed by atoms with Crippen LogP contribution in [-0.4, -0.2) is 31.5 Å². The highest BCUT2D eigenvalue weighted by atomic mass is 16.5. The van der Waals surface area contributed by atoms with Gasteiger partial charge in [-0.25, -0.2) is 19.0 Å². The smallest absolute Gasteiger partial charge is 0.344 e. The van der Waals surface area contributed by atoms with Crippen LogP contribution >= 0.6 is 0 Å². The summed E-state index contributed by atoms with van der Waals surface area (Å²) in [5, 5.41) is 8.81. The first-order valence-electron chi connectivity index (χ1n) is 11.3. The lowest BCUT2D eigenvalue weighted by Gasteiger charge is -2.08. The van der Waals surface area contributed by atoms with Crippen LogP contribution < -0.4 is 9.47 Å². The normalized spacial score (nSPS) is 10.7. The predicted molar refractivity (Wildman–Crippen MR) is 133 cm³/mol. The van der Waals surface area contributed by atoms with Gasteiger partial charge in [-0.1, -0.05) is 36.4 Å². The predicted octanol–water partition coefficient (Wildman–Crippen LogP) is 5.11. The molecule has 0 N–H and O–H groups in total. The summed E-state index contributed by atoms with van der Waals surface area (Å²) in [6, 6.07) is 26.7. The molecule has 5 rings (SSSR count). The number of aromatic nitrogens is 4. The Bertz CT molecular complexity index is 1520. The highest BCUT2D eigenvalue weighted by Gasteiger charge is 2.17. The van der Waals surface area contributed by atoms with Crippen LogP contribution in [0.1, 0.15) is 32.1 Å². The van der Waals surface area contributed by atoms with E-state index in [4.69, 9.17) is 9.47 Å². The van der Waals surface area contributed by atoms with Crippen molar-refractivity contribution in [3.63, 3.8) is 0 Å². The number of para-hydroxylation sites is 2. The molecular weight excluding hydrogens is 456 g/mol. The van der Waals surface area contributed by atoms with Crippen LogP contribution in [0.25, 0.3) is 11.4 Å². The van der Waals surface area contributed by atoms with E-state index in [9.17, 15) is 9.59 Å². The number of carbonyl (C=O) groups is 2. The van der Waals surface area contributed by atoms with Crippen LogP contribution in [-0.2, 0) is 0 Å². The molecule has 8 nitrogen and oxygen atoms in total. The lowest BCUT2D eigenvalue weighted by molar-refractivity contribution is 0.0713. The molecule has 0 aliphatic rings. The summed E-state index contributed by atoms with van der Waals surface area (Å²) in [5.41, 5.74) is 3.51. The minimum Gasteiger partial charge on any atom is -0.419 e. The van der Waals surface area contributed by atoms with Gasteiger partial charge in [-0.2, -0.15) is 10.2 Å². The Morgan fingerprint density at radius 1 is 0.694 bits per heavy atom. The maximum Gasteiger partial charge on any atom is 0.344 e. The Labute approximate surface area is 207 Å². The number of aryl methyl sites for hydroxylation is 2. The van der Waals surface area contributed by atoms with Crippen molar-refractivity contribution >= 4 is 11.9 Å². The Hall–Kier alpha value is -4.98. The molecule has 0 saturated heterocycles. The van der Waals surface area contributed by atoms with Crippen molar-refractivity contribution in [3.8, 4) is 23.0 Å². The van der Waals surface area contributed by atoms with E-state index >= 15 is 0 Å². The zero-order chi connectivity index (χ0) is 25.1. The first kappa shape index (κ1) is 22.8. The average Bonchev–Trinajstić information content (AvgIpc) is 3.46. The van der Waals surface area contributed by atoms with E-state index in [1.165, 1.54) is 24.3 Å². The number of rotatable bonds is 6. The van der Waals surface area contributed by atoms with Crippen LogP contribution in [0.4, 0.5) is 0 Å². The fraction of sp³-hybridized carbons (Fsp3) is 0.0714. The minimum absolute atomic E-state index is 0.290. The molecule has 0 saturated carbocycles. The van der Waals surface area contributed by atoms with Gasteiger partial charge in [-0.15, -0.1) is 0 Å². The fourth-order valence-corrected chi connectivity index (χ4v) is 3.62. The van der Waals surface area contributed by atoms with E-state index in [1.807, 2.05) is 67.6 Å². The molecule has 0 atom stereocenters. The maximum atomic E-state index is 12.8. The van der Waals surface area contributed by atoms with Gasteiger partial charge < -0.3 is 9.47 Å². The number of ether oxygens (including phenoxy) is 2. The van der Waals surface area contributed by atoms with Crippen LogP contribution in [0.5, 0.6) is 11.6 Å². The molecule has 0 amide bonds. The van der Waals surface area contributed by atoms with Gasteiger partial charge in [0.15, 0.2) is 5.75 Å². The monoisotopic (exact) mass is 478 g/mol. The molecule has 0 fully saturated rings. The SMILES string of the molecule is Cc1cc(OC(=O)c2ccc(C(=O)Oc3cn(-c4ccccc4)nc3C)cc2)n(-c2ccccc2)n1. The summed E-state index contributed by atoms with van der Waals surface area (Å²) in [7, 11) is 0. The molecule has 0 aliphatic heterocycles. The number of benzene rings is 3. The van der Waals surface area contributed by atoms with Gasteiger partial charge >= 0.3 is 11.9 Å². The lowest BCUT2D eigenvalue weighted by Crippen LogP contribution is -2.13. The second-order valence-corrected chi connectivity index (χ2v) is 8.09. The number of carbonyl (C=O) groups excluding carboxylic acids is 2. The Kier molecular flexibility index (Phi) is 6.15. The van der Waals surface area contributed by atoms with Gasteiger partial charge in [0.25, 0.3) is 0 Å². The molecule has 36 heavy (non-hydrogen) atoms. The van der Waals surface area contributed by atoms with E-state index < -0.39 is 11.9 Å². The lowest BCUT2D eigenvalue weighted by atomic mass is 10.1. The van der Waals surface area contributed by atoms with Crippen molar-refractivity contribution < 1.29 is 19.1 Å². The van der Waals surface area contributed by atoms with Crippen LogP contribution in [0.2, 0.25) is 0 Å². The Morgan fingerprint density at radius 2 is 1.25 bits per heavy atom. The molecule has 3 aromatic carbocycles. The van der Waals surface area contributed by atoms with Gasteiger partial charge in [0.1, 0.15) is 5.69 Å². The quantitative estimate of drug-likeness (QED) is 0.315. The summed E-state index contributed by atoms with van der Waals surface area (Å²) < 4.78 is 14.4. The maximum absolute atomic E-state index is 12.8. The molecule has 0 unspecified atom stereocenters. The van der Waals surface area contributed by atoms with Crippen LogP contribution in [0, 0.1) is 13.8 Å². The third kappa shape index (κ3) is 4.78. The molecule has 0 aliphatic carbocycles. The van der Waals surface area contributed by atoms with Gasteiger partial charge in [-0.05, 0) is 62.4 Å². The number of hydrogen-bond acceptors (Lipinski definition) is 6. The summed E-state index contributed by atoms with van der Waals surface area (Å²) in [6.07, 6.45) is 1.66. The third-order valence-electron chi connectivity index (χ3n) is 5.43. The topological polar surface area (TPSA) is 88.2 Å². The van der Waals surface area contributed by atoms with Gasteiger partial charge in [0.05, 0.1) is 34.4 Å². The first-order valence-corrected chi connectivity index (χ1v) is 11.3. The van der Waals surface area contributed by atoms with E-state index in [-0.39, 0.29) is 5.56 Å². The third-order valence-corrected chi connectivity index (χ3v) is 5.43. The summed E-state index contributed by atoms with van der Waals surface area (Å²) in [6.45, 7) is 3.59. The number of hydrogen-bond donors (Lipinski definition) is 0. The Morgan fingerprint density at radius 3 is 1.86 bits per heavy atom. The second-order valence-electron chi connectivity index (χ2n) is 8.09. The zero-order valence-electron chi connectivity index (χ0n) is 19.7. The molecule has 0 bridgehead atoms. The highest BCUT2D eigenvalue weighted by Crippen LogP contribution is 2.22. The van der Waals surface area contributed by atoms with E-state index in [0.717, 1.165) is 11.4 Å². The van der Waals surface area contributed by atoms with Crippen molar-refractivity contribution in [2.24, 2.45) is 0 Å². The molecule has 0 radical (unpaired) electrons. The van der Waals surface area contributed by atoms with Crippen molar-refractivity contribution in [1.82, 2.24) is 19.6 Å². The van der Waals surface area contributed by atoms with Gasteiger partial charge in [0, 0.05) is 6.07 Å². The minimum atomic E-state index is -0.563. The molecule has 178 valence electrons. The molecule has 8 heteroatoms.